The maximum Gasteiger partial charge on any atom is 0.160 e. The smallest absolute Gasteiger partial charge is 0.160 e. The fourth-order valence-electron chi connectivity index (χ4n) is 3.52. The van der Waals surface area contributed by atoms with Crippen LogP contribution in [0.1, 0.15) is 31.2 Å². The molecule has 2 saturated heterocycles. The van der Waals surface area contributed by atoms with Crippen molar-refractivity contribution in [3.63, 3.8) is 0 Å². The fourth-order valence-corrected chi connectivity index (χ4v) is 3.52. The van der Waals surface area contributed by atoms with Crippen molar-refractivity contribution in [3.8, 4) is 11.5 Å². The van der Waals surface area contributed by atoms with Crippen LogP contribution in [-0.2, 0) is 6.54 Å². The number of phenols is 1. The summed E-state index contributed by atoms with van der Waals surface area (Å²) in [7, 11) is 1.57. The minimum atomic E-state index is 0.220. The van der Waals surface area contributed by atoms with E-state index < -0.39 is 0 Å². The Bertz CT molecular complexity index is 464. The van der Waals surface area contributed by atoms with Crippen molar-refractivity contribution in [2.45, 2.75) is 44.3 Å². The molecule has 0 saturated carbocycles. The maximum atomic E-state index is 9.79. The Balaban J connectivity index is 1.53. The zero-order chi connectivity index (χ0) is 13.9. The standard InChI is InChI=1S/C16H24N2O2/c1-20-16-5-4-12(9-15(16)19)11-17-13-6-8-18-7-2-3-14(18)10-13/h4-5,9,13-14,17,19H,2-3,6-8,10-11H2,1H3. The van der Waals surface area contributed by atoms with Gasteiger partial charge in [-0.05, 0) is 56.5 Å². The third-order valence-electron chi connectivity index (χ3n) is 4.66. The third kappa shape index (κ3) is 2.91. The lowest BCUT2D eigenvalue weighted by atomic mass is 9.97. The third-order valence-corrected chi connectivity index (χ3v) is 4.66. The molecular formula is C16H24N2O2. The van der Waals surface area contributed by atoms with E-state index in [0.717, 1.165) is 18.2 Å². The Labute approximate surface area is 120 Å². The van der Waals surface area contributed by atoms with Gasteiger partial charge in [0.05, 0.1) is 7.11 Å². The van der Waals surface area contributed by atoms with Crippen LogP contribution in [0.15, 0.2) is 18.2 Å². The number of phenolic OH excluding ortho intramolecular Hbond substituents is 1. The van der Waals surface area contributed by atoms with Gasteiger partial charge in [0.1, 0.15) is 0 Å². The van der Waals surface area contributed by atoms with Gasteiger partial charge in [0.25, 0.3) is 0 Å². The molecule has 0 aromatic heterocycles. The molecule has 2 heterocycles. The van der Waals surface area contributed by atoms with Gasteiger partial charge in [0.15, 0.2) is 11.5 Å². The summed E-state index contributed by atoms with van der Waals surface area (Å²) in [5, 5.41) is 13.4. The number of fused-ring (bicyclic) bond motifs is 1. The monoisotopic (exact) mass is 276 g/mol. The van der Waals surface area contributed by atoms with Crippen molar-refractivity contribution < 1.29 is 9.84 Å². The molecule has 0 bridgehead atoms. The van der Waals surface area contributed by atoms with E-state index in [1.54, 1.807) is 13.2 Å². The number of hydrogen-bond acceptors (Lipinski definition) is 4. The lowest BCUT2D eigenvalue weighted by Crippen LogP contribution is -2.45. The Kier molecular flexibility index (Phi) is 4.13. The number of aromatic hydroxyl groups is 1. The molecule has 2 aliphatic heterocycles. The molecule has 4 heteroatoms. The minimum absolute atomic E-state index is 0.220. The van der Waals surface area contributed by atoms with Gasteiger partial charge in [-0.15, -0.1) is 0 Å². The van der Waals surface area contributed by atoms with Gasteiger partial charge in [-0.25, -0.2) is 0 Å². The van der Waals surface area contributed by atoms with Crippen molar-refractivity contribution in [2.24, 2.45) is 0 Å². The topological polar surface area (TPSA) is 44.7 Å². The Morgan fingerprint density at radius 3 is 3.05 bits per heavy atom. The van der Waals surface area contributed by atoms with Crippen molar-refractivity contribution in [2.75, 3.05) is 20.2 Å². The number of nitrogens with zero attached hydrogens (tertiary/aromatic N) is 1. The second kappa shape index (κ2) is 6.02. The summed E-state index contributed by atoms with van der Waals surface area (Å²) in [4.78, 5) is 2.64. The molecule has 2 atom stereocenters. The van der Waals surface area contributed by atoms with Crippen LogP contribution in [-0.4, -0.2) is 42.3 Å². The van der Waals surface area contributed by atoms with Crippen molar-refractivity contribution in [3.05, 3.63) is 23.8 Å². The van der Waals surface area contributed by atoms with Crippen LogP contribution < -0.4 is 10.1 Å². The number of benzene rings is 1. The van der Waals surface area contributed by atoms with Crippen LogP contribution in [0.25, 0.3) is 0 Å². The summed E-state index contributed by atoms with van der Waals surface area (Å²) in [6.45, 7) is 3.34. The van der Waals surface area contributed by atoms with E-state index >= 15 is 0 Å². The largest absolute Gasteiger partial charge is 0.504 e. The first-order valence-electron chi connectivity index (χ1n) is 7.59. The van der Waals surface area contributed by atoms with Crippen molar-refractivity contribution in [1.82, 2.24) is 10.2 Å². The predicted molar refractivity (Wildman–Crippen MR) is 79.1 cm³/mol. The minimum Gasteiger partial charge on any atom is -0.504 e. The quantitative estimate of drug-likeness (QED) is 0.884. The highest BCUT2D eigenvalue weighted by Crippen LogP contribution is 2.28. The maximum absolute atomic E-state index is 9.79. The average Bonchev–Trinajstić information content (AvgIpc) is 2.92. The zero-order valence-corrected chi connectivity index (χ0v) is 12.1. The number of hydrogen-bond donors (Lipinski definition) is 2. The van der Waals surface area contributed by atoms with Gasteiger partial charge >= 0.3 is 0 Å². The number of nitrogens with one attached hydrogen (secondary N) is 1. The van der Waals surface area contributed by atoms with E-state index in [0.29, 0.717) is 11.8 Å². The van der Waals surface area contributed by atoms with Gasteiger partial charge in [-0.3, -0.25) is 0 Å². The highest BCUT2D eigenvalue weighted by Gasteiger charge is 2.31. The highest BCUT2D eigenvalue weighted by atomic mass is 16.5. The summed E-state index contributed by atoms with van der Waals surface area (Å²) >= 11 is 0. The van der Waals surface area contributed by atoms with Gasteiger partial charge in [-0.1, -0.05) is 6.07 Å². The Morgan fingerprint density at radius 2 is 2.25 bits per heavy atom. The number of ether oxygens (including phenoxy) is 1. The molecule has 2 fully saturated rings. The summed E-state index contributed by atoms with van der Waals surface area (Å²) in [6, 6.07) is 7.03. The molecular weight excluding hydrogens is 252 g/mol. The first-order chi connectivity index (χ1) is 9.76. The summed E-state index contributed by atoms with van der Waals surface area (Å²) in [5.41, 5.74) is 1.11. The number of piperidine rings is 1. The summed E-state index contributed by atoms with van der Waals surface area (Å²) < 4.78 is 5.07. The SMILES string of the molecule is COc1ccc(CNC2CCN3CCCC3C2)cc1O. The lowest BCUT2D eigenvalue weighted by molar-refractivity contribution is 0.166. The summed E-state index contributed by atoms with van der Waals surface area (Å²) in [6.07, 6.45) is 5.23. The Morgan fingerprint density at radius 1 is 1.35 bits per heavy atom. The van der Waals surface area contributed by atoms with E-state index in [9.17, 15) is 5.11 Å². The molecule has 1 aromatic carbocycles. The van der Waals surface area contributed by atoms with Crippen molar-refractivity contribution in [1.29, 1.82) is 0 Å². The van der Waals surface area contributed by atoms with Crippen LogP contribution in [0.3, 0.4) is 0 Å². The molecule has 1 aromatic rings. The van der Waals surface area contributed by atoms with Crippen LogP contribution >= 0.6 is 0 Å². The first kappa shape index (κ1) is 13.7. The van der Waals surface area contributed by atoms with Gasteiger partial charge < -0.3 is 20.1 Å². The van der Waals surface area contributed by atoms with Crippen LogP contribution in [0.2, 0.25) is 0 Å². The fraction of sp³-hybridized carbons (Fsp3) is 0.625. The number of methoxy groups -OCH3 is 1. The van der Waals surface area contributed by atoms with Crippen molar-refractivity contribution >= 4 is 0 Å². The van der Waals surface area contributed by atoms with Gasteiger partial charge in [0.2, 0.25) is 0 Å². The van der Waals surface area contributed by atoms with E-state index in [4.69, 9.17) is 4.74 Å². The molecule has 0 radical (unpaired) electrons. The molecule has 2 N–H and O–H groups in total. The molecule has 0 amide bonds. The molecule has 2 aliphatic rings. The van der Waals surface area contributed by atoms with Crippen LogP contribution in [0.4, 0.5) is 0 Å². The second-order valence-corrected chi connectivity index (χ2v) is 5.94. The lowest BCUT2D eigenvalue weighted by Gasteiger charge is -2.35. The Hall–Kier alpha value is -1.26. The molecule has 20 heavy (non-hydrogen) atoms. The summed E-state index contributed by atoms with van der Waals surface area (Å²) in [5.74, 6) is 0.755. The molecule has 110 valence electrons. The molecule has 0 aliphatic carbocycles. The molecule has 2 unspecified atom stereocenters. The van der Waals surface area contributed by atoms with Crippen LogP contribution in [0, 0.1) is 0 Å². The van der Waals surface area contributed by atoms with E-state index in [1.165, 1.54) is 38.8 Å². The normalized spacial score (nSPS) is 26.4. The second-order valence-electron chi connectivity index (χ2n) is 5.94. The zero-order valence-electron chi connectivity index (χ0n) is 12.1. The number of rotatable bonds is 4. The highest BCUT2D eigenvalue weighted by molar-refractivity contribution is 5.41. The first-order valence-corrected chi connectivity index (χ1v) is 7.59. The predicted octanol–water partition coefficient (Wildman–Crippen LogP) is 2.12. The van der Waals surface area contributed by atoms with E-state index in [1.807, 2.05) is 12.1 Å². The van der Waals surface area contributed by atoms with Crippen LogP contribution in [0.5, 0.6) is 11.5 Å². The van der Waals surface area contributed by atoms with E-state index in [2.05, 4.69) is 10.2 Å². The molecule has 3 rings (SSSR count). The van der Waals surface area contributed by atoms with E-state index in [-0.39, 0.29) is 5.75 Å². The van der Waals surface area contributed by atoms with Gasteiger partial charge in [0, 0.05) is 18.6 Å². The molecule has 0 spiro atoms. The average molecular weight is 276 g/mol. The van der Waals surface area contributed by atoms with Gasteiger partial charge in [-0.2, -0.15) is 0 Å². The molecule has 4 nitrogen and oxygen atoms in total.